The van der Waals surface area contributed by atoms with Crippen LogP contribution in [0.3, 0.4) is 0 Å². The van der Waals surface area contributed by atoms with Gasteiger partial charge < -0.3 is 10.4 Å². The number of aliphatic carboxylic acids is 1. The average Bonchev–Trinajstić information content (AvgIpc) is 2.98. The highest BCUT2D eigenvalue weighted by Gasteiger charge is 2.28. The molecule has 3 rings (SSSR count). The number of rotatable bonds is 4. The van der Waals surface area contributed by atoms with Crippen molar-refractivity contribution in [3.63, 3.8) is 0 Å². The summed E-state index contributed by atoms with van der Waals surface area (Å²) in [5, 5.41) is 20.1. The molecule has 1 fully saturated rings. The average molecular weight is 342 g/mol. The Bertz CT molecular complexity index is 774. The smallest absolute Gasteiger partial charge is 0.306 e. The number of carbonyl (C=O) groups excluding carboxylic acids is 1. The number of carboxylic acids is 1. The first kappa shape index (κ1) is 17.1. The van der Waals surface area contributed by atoms with Crippen LogP contribution >= 0.6 is 0 Å². The van der Waals surface area contributed by atoms with Gasteiger partial charge in [-0.25, -0.2) is 4.68 Å². The van der Waals surface area contributed by atoms with Crippen molar-refractivity contribution < 1.29 is 14.7 Å². The second-order valence-corrected chi connectivity index (χ2v) is 6.63. The zero-order valence-corrected chi connectivity index (χ0v) is 14.4. The second-order valence-electron chi connectivity index (χ2n) is 6.63. The Morgan fingerprint density at radius 3 is 2.36 bits per heavy atom. The molecular weight excluding hydrogens is 320 g/mol. The fourth-order valence-electron chi connectivity index (χ4n) is 3.21. The molecule has 0 radical (unpaired) electrons. The molecule has 7 heteroatoms. The van der Waals surface area contributed by atoms with E-state index in [2.05, 4.69) is 15.6 Å². The normalized spacial score (nSPS) is 20.2. The molecule has 0 spiro atoms. The summed E-state index contributed by atoms with van der Waals surface area (Å²) in [4.78, 5) is 23.5. The van der Waals surface area contributed by atoms with Gasteiger partial charge in [-0.1, -0.05) is 22.9 Å². The van der Waals surface area contributed by atoms with E-state index in [1.807, 2.05) is 38.1 Å². The lowest BCUT2D eigenvalue weighted by atomic mass is 9.86. The van der Waals surface area contributed by atoms with Gasteiger partial charge in [-0.2, -0.15) is 0 Å². The number of aromatic nitrogens is 3. The molecule has 25 heavy (non-hydrogen) atoms. The van der Waals surface area contributed by atoms with Crippen LogP contribution in [0.1, 0.15) is 47.4 Å². The molecule has 1 aliphatic rings. The maximum atomic E-state index is 12.5. The first-order chi connectivity index (χ1) is 12.0. The van der Waals surface area contributed by atoms with Gasteiger partial charge in [0.05, 0.1) is 17.3 Å². The molecular formula is C18H22N4O3. The summed E-state index contributed by atoms with van der Waals surface area (Å²) in [6.45, 7) is 3.83. The highest BCUT2D eigenvalue weighted by molar-refractivity contribution is 5.93. The van der Waals surface area contributed by atoms with E-state index in [1.54, 1.807) is 4.68 Å². The SMILES string of the molecule is Cc1ccc(-n2nnc(C(=O)NC3CCC(C(=O)O)CC3)c2C)cc1. The first-order valence-electron chi connectivity index (χ1n) is 8.48. The molecule has 7 nitrogen and oxygen atoms in total. The number of nitrogens with zero attached hydrogens (tertiary/aromatic N) is 3. The Hall–Kier alpha value is -2.70. The van der Waals surface area contributed by atoms with Crippen molar-refractivity contribution in [3.05, 3.63) is 41.2 Å². The van der Waals surface area contributed by atoms with Gasteiger partial charge in [0.15, 0.2) is 5.69 Å². The summed E-state index contributed by atoms with van der Waals surface area (Å²) in [5.41, 5.74) is 2.99. The number of carboxylic acid groups (broad SMARTS) is 1. The lowest BCUT2D eigenvalue weighted by Crippen LogP contribution is -2.39. The molecule has 132 valence electrons. The second kappa shape index (κ2) is 7.04. The van der Waals surface area contributed by atoms with Crippen LogP contribution < -0.4 is 5.32 Å². The van der Waals surface area contributed by atoms with Gasteiger partial charge in [0, 0.05) is 6.04 Å². The number of hydrogen-bond donors (Lipinski definition) is 2. The molecule has 1 amide bonds. The quantitative estimate of drug-likeness (QED) is 0.888. The van der Waals surface area contributed by atoms with E-state index in [0.29, 0.717) is 37.1 Å². The van der Waals surface area contributed by atoms with E-state index in [9.17, 15) is 9.59 Å². The summed E-state index contributed by atoms with van der Waals surface area (Å²) in [7, 11) is 0. The maximum absolute atomic E-state index is 12.5. The third kappa shape index (κ3) is 3.70. The summed E-state index contributed by atoms with van der Waals surface area (Å²) in [6, 6.07) is 7.83. The van der Waals surface area contributed by atoms with Crippen LogP contribution in [0.4, 0.5) is 0 Å². The lowest BCUT2D eigenvalue weighted by molar-refractivity contribution is -0.142. The van der Waals surface area contributed by atoms with Crippen LogP contribution in [-0.4, -0.2) is 38.0 Å². The summed E-state index contributed by atoms with van der Waals surface area (Å²) >= 11 is 0. The van der Waals surface area contributed by atoms with Crippen molar-refractivity contribution in [3.8, 4) is 5.69 Å². The van der Waals surface area contributed by atoms with E-state index in [4.69, 9.17) is 5.11 Å². The van der Waals surface area contributed by atoms with Crippen LogP contribution in [-0.2, 0) is 4.79 Å². The van der Waals surface area contributed by atoms with E-state index in [1.165, 1.54) is 0 Å². The zero-order valence-electron chi connectivity index (χ0n) is 14.4. The van der Waals surface area contributed by atoms with Crippen molar-refractivity contribution in [1.82, 2.24) is 20.3 Å². The molecule has 0 saturated heterocycles. The maximum Gasteiger partial charge on any atom is 0.306 e. The van der Waals surface area contributed by atoms with Gasteiger partial charge >= 0.3 is 5.97 Å². The number of carbonyl (C=O) groups is 2. The van der Waals surface area contributed by atoms with Crippen LogP contribution in [0.25, 0.3) is 5.69 Å². The third-order valence-corrected chi connectivity index (χ3v) is 4.80. The minimum atomic E-state index is -0.748. The van der Waals surface area contributed by atoms with Crippen LogP contribution in [0.5, 0.6) is 0 Å². The van der Waals surface area contributed by atoms with E-state index in [0.717, 1.165) is 11.3 Å². The molecule has 0 unspecified atom stereocenters. The molecule has 1 aromatic carbocycles. The molecule has 1 saturated carbocycles. The van der Waals surface area contributed by atoms with Gasteiger partial charge in [0.2, 0.25) is 0 Å². The van der Waals surface area contributed by atoms with E-state index >= 15 is 0 Å². The highest BCUT2D eigenvalue weighted by atomic mass is 16.4. The number of amides is 1. The summed E-state index contributed by atoms with van der Waals surface area (Å²) < 4.78 is 1.65. The van der Waals surface area contributed by atoms with Gasteiger partial charge in [-0.3, -0.25) is 9.59 Å². The number of hydrogen-bond acceptors (Lipinski definition) is 4. The van der Waals surface area contributed by atoms with Crippen molar-refractivity contribution >= 4 is 11.9 Å². The summed E-state index contributed by atoms with van der Waals surface area (Å²) in [6.07, 6.45) is 2.53. The molecule has 1 aliphatic carbocycles. The third-order valence-electron chi connectivity index (χ3n) is 4.80. The minimum absolute atomic E-state index is 0.00738. The Balaban J connectivity index is 1.67. The molecule has 0 bridgehead atoms. The van der Waals surface area contributed by atoms with Crippen LogP contribution in [0.15, 0.2) is 24.3 Å². The molecule has 1 aromatic heterocycles. The number of nitrogens with one attached hydrogen (secondary N) is 1. The zero-order chi connectivity index (χ0) is 18.0. The van der Waals surface area contributed by atoms with Gasteiger partial charge in [-0.05, 0) is 51.7 Å². The predicted molar refractivity (Wildman–Crippen MR) is 91.7 cm³/mol. The predicted octanol–water partition coefficient (Wildman–Crippen LogP) is 2.26. The standard InChI is InChI=1S/C18H22N4O3/c1-11-3-9-15(10-4-11)22-12(2)16(20-21-22)17(23)19-14-7-5-13(6-8-14)18(24)25/h3-4,9-10,13-14H,5-8H2,1-2H3,(H,19,23)(H,24,25). The monoisotopic (exact) mass is 342 g/mol. The van der Waals surface area contributed by atoms with Crippen molar-refractivity contribution in [2.24, 2.45) is 5.92 Å². The molecule has 1 heterocycles. The van der Waals surface area contributed by atoms with Gasteiger partial charge in [0.25, 0.3) is 5.91 Å². The topological polar surface area (TPSA) is 97.1 Å². The molecule has 2 aromatic rings. The van der Waals surface area contributed by atoms with Crippen molar-refractivity contribution in [2.75, 3.05) is 0 Å². The lowest BCUT2D eigenvalue weighted by Gasteiger charge is -2.26. The number of benzene rings is 1. The summed E-state index contributed by atoms with van der Waals surface area (Å²) in [5.74, 6) is -1.30. The number of aryl methyl sites for hydroxylation is 1. The molecule has 2 N–H and O–H groups in total. The van der Waals surface area contributed by atoms with Gasteiger partial charge in [0.1, 0.15) is 0 Å². The van der Waals surface area contributed by atoms with Crippen LogP contribution in [0, 0.1) is 19.8 Å². The molecule has 0 aliphatic heterocycles. The fourth-order valence-corrected chi connectivity index (χ4v) is 3.21. The Morgan fingerprint density at radius 2 is 1.76 bits per heavy atom. The Kier molecular flexibility index (Phi) is 4.83. The van der Waals surface area contributed by atoms with E-state index < -0.39 is 5.97 Å². The fraction of sp³-hybridized carbons (Fsp3) is 0.444. The largest absolute Gasteiger partial charge is 0.481 e. The first-order valence-corrected chi connectivity index (χ1v) is 8.48. The highest BCUT2D eigenvalue weighted by Crippen LogP contribution is 2.24. The minimum Gasteiger partial charge on any atom is -0.481 e. The van der Waals surface area contributed by atoms with Crippen molar-refractivity contribution in [1.29, 1.82) is 0 Å². The van der Waals surface area contributed by atoms with Gasteiger partial charge in [-0.15, -0.1) is 5.10 Å². The Labute approximate surface area is 146 Å². The Morgan fingerprint density at radius 1 is 1.12 bits per heavy atom. The van der Waals surface area contributed by atoms with E-state index in [-0.39, 0.29) is 17.9 Å². The molecule has 0 atom stereocenters. The van der Waals surface area contributed by atoms with Crippen molar-refractivity contribution in [2.45, 2.75) is 45.6 Å². The van der Waals surface area contributed by atoms with Crippen LogP contribution in [0.2, 0.25) is 0 Å².